The topological polar surface area (TPSA) is 48.8 Å². The zero-order valence-electron chi connectivity index (χ0n) is 14.3. The van der Waals surface area contributed by atoms with E-state index in [1.807, 2.05) is 39.6 Å². The molecule has 6 heteroatoms. The molecule has 0 saturated carbocycles. The van der Waals surface area contributed by atoms with E-state index in [2.05, 4.69) is 9.97 Å². The largest absolute Gasteiger partial charge is 0.472 e. The van der Waals surface area contributed by atoms with E-state index in [9.17, 15) is 4.39 Å². The van der Waals surface area contributed by atoms with Gasteiger partial charge in [-0.3, -0.25) is 4.57 Å². The number of halogens is 1. The summed E-state index contributed by atoms with van der Waals surface area (Å²) in [6.07, 6.45) is 8.91. The van der Waals surface area contributed by atoms with E-state index in [0.717, 1.165) is 33.7 Å². The molecule has 0 atom stereocenters. The molecule has 0 aliphatic carbocycles. The van der Waals surface area contributed by atoms with Crippen molar-refractivity contribution < 1.29 is 8.81 Å². The molecule has 5 rings (SSSR count). The van der Waals surface area contributed by atoms with Gasteiger partial charge in [0, 0.05) is 28.9 Å². The number of hydrogen-bond donors (Lipinski definition) is 0. The molecule has 0 spiro atoms. The van der Waals surface area contributed by atoms with Gasteiger partial charge in [-0.15, -0.1) is 0 Å². The van der Waals surface area contributed by atoms with Crippen LogP contribution in [-0.4, -0.2) is 19.1 Å². The van der Waals surface area contributed by atoms with Crippen LogP contribution in [0.1, 0.15) is 5.56 Å². The standard InChI is InChI=1S/C21H15FN4O/c22-18-5-3-16(4-6-18)19-21(25(14-24-19)12-15-8-11-27-13-15)26-10-7-17-2-1-9-23-20(17)26/h1-11,13-14H,12H2. The second-order valence-electron chi connectivity index (χ2n) is 6.29. The highest BCUT2D eigenvalue weighted by Crippen LogP contribution is 2.29. The first-order chi connectivity index (χ1) is 13.3. The second kappa shape index (κ2) is 6.25. The normalized spacial score (nSPS) is 11.3. The van der Waals surface area contributed by atoms with Crippen molar-refractivity contribution >= 4 is 11.0 Å². The highest BCUT2D eigenvalue weighted by atomic mass is 19.1. The lowest BCUT2D eigenvalue weighted by Gasteiger charge is -2.12. The molecule has 0 fully saturated rings. The predicted octanol–water partition coefficient (Wildman–Crippen LogP) is 4.67. The molecule has 0 radical (unpaired) electrons. The molecule has 27 heavy (non-hydrogen) atoms. The monoisotopic (exact) mass is 358 g/mol. The summed E-state index contributed by atoms with van der Waals surface area (Å²) in [5, 5.41) is 1.04. The summed E-state index contributed by atoms with van der Waals surface area (Å²) in [6.45, 7) is 0.604. The van der Waals surface area contributed by atoms with Gasteiger partial charge in [0.2, 0.25) is 0 Å². The third-order valence-electron chi connectivity index (χ3n) is 4.54. The van der Waals surface area contributed by atoms with Gasteiger partial charge in [-0.25, -0.2) is 14.4 Å². The van der Waals surface area contributed by atoms with Crippen LogP contribution >= 0.6 is 0 Å². The Bertz CT molecular complexity index is 1200. The minimum Gasteiger partial charge on any atom is -0.472 e. The van der Waals surface area contributed by atoms with Crippen molar-refractivity contribution in [1.29, 1.82) is 0 Å². The molecule has 0 aliphatic rings. The number of imidazole rings is 1. The minimum atomic E-state index is -0.272. The lowest BCUT2D eigenvalue weighted by Crippen LogP contribution is -2.06. The Morgan fingerprint density at radius 2 is 1.89 bits per heavy atom. The summed E-state index contributed by atoms with van der Waals surface area (Å²) < 4.78 is 22.6. The lowest BCUT2D eigenvalue weighted by atomic mass is 10.1. The Morgan fingerprint density at radius 3 is 2.70 bits per heavy atom. The smallest absolute Gasteiger partial charge is 0.146 e. The Morgan fingerprint density at radius 1 is 1.00 bits per heavy atom. The average molecular weight is 358 g/mol. The van der Waals surface area contributed by atoms with E-state index in [4.69, 9.17) is 4.42 Å². The Hall–Kier alpha value is -3.67. The Kier molecular flexibility index (Phi) is 3.60. The summed E-state index contributed by atoms with van der Waals surface area (Å²) in [4.78, 5) is 9.15. The number of aromatic nitrogens is 4. The van der Waals surface area contributed by atoms with Gasteiger partial charge in [-0.2, -0.15) is 0 Å². The molecule has 4 aromatic heterocycles. The van der Waals surface area contributed by atoms with Crippen LogP contribution in [0.4, 0.5) is 4.39 Å². The van der Waals surface area contributed by atoms with E-state index in [1.165, 1.54) is 12.1 Å². The third kappa shape index (κ3) is 2.71. The van der Waals surface area contributed by atoms with E-state index in [-0.39, 0.29) is 5.82 Å². The molecule has 0 bridgehead atoms. The number of nitrogens with zero attached hydrogens (tertiary/aromatic N) is 4. The first-order valence-electron chi connectivity index (χ1n) is 8.54. The minimum absolute atomic E-state index is 0.272. The van der Waals surface area contributed by atoms with E-state index in [1.54, 1.807) is 37.2 Å². The fourth-order valence-corrected chi connectivity index (χ4v) is 3.27. The Balaban J connectivity index is 1.72. The first kappa shape index (κ1) is 15.6. The van der Waals surface area contributed by atoms with E-state index < -0.39 is 0 Å². The van der Waals surface area contributed by atoms with Gasteiger partial charge in [-0.1, -0.05) is 0 Å². The highest BCUT2D eigenvalue weighted by Gasteiger charge is 2.17. The van der Waals surface area contributed by atoms with Crippen molar-refractivity contribution in [2.24, 2.45) is 0 Å². The van der Waals surface area contributed by atoms with Gasteiger partial charge < -0.3 is 8.98 Å². The van der Waals surface area contributed by atoms with Crippen LogP contribution in [0.2, 0.25) is 0 Å². The molecule has 132 valence electrons. The van der Waals surface area contributed by atoms with E-state index in [0.29, 0.717) is 6.54 Å². The molecule has 4 heterocycles. The SMILES string of the molecule is Fc1ccc(-c2ncn(Cc3ccoc3)c2-n2ccc3cccnc32)cc1. The number of hydrogen-bond acceptors (Lipinski definition) is 3. The highest BCUT2D eigenvalue weighted by molar-refractivity contribution is 5.80. The maximum atomic E-state index is 13.4. The van der Waals surface area contributed by atoms with Crippen molar-refractivity contribution in [3.63, 3.8) is 0 Å². The van der Waals surface area contributed by atoms with Crippen LogP contribution in [0.25, 0.3) is 28.1 Å². The first-order valence-corrected chi connectivity index (χ1v) is 8.54. The molecular weight excluding hydrogens is 343 g/mol. The molecular formula is C21H15FN4O. The lowest BCUT2D eigenvalue weighted by molar-refractivity contribution is 0.562. The van der Waals surface area contributed by atoms with Crippen LogP contribution in [0, 0.1) is 5.82 Å². The van der Waals surface area contributed by atoms with Crippen LogP contribution in [0.5, 0.6) is 0 Å². The Labute approximate surface area is 154 Å². The molecule has 5 nitrogen and oxygen atoms in total. The number of furan rings is 1. The molecule has 5 aromatic rings. The zero-order chi connectivity index (χ0) is 18.2. The van der Waals surface area contributed by atoms with Crippen LogP contribution in [0.15, 0.2) is 84.2 Å². The fraction of sp³-hybridized carbons (Fsp3) is 0.0476. The van der Waals surface area contributed by atoms with Crippen molar-refractivity contribution in [1.82, 2.24) is 19.1 Å². The van der Waals surface area contributed by atoms with E-state index >= 15 is 0 Å². The zero-order valence-corrected chi connectivity index (χ0v) is 14.3. The summed E-state index contributed by atoms with van der Waals surface area (Å²) >= 11 is 0. The van der Waals surface area contributed by atoms with Crippen LogP contribution in [0.3, 0.4) is 0 Å². The predicted molar refractivity (Wildman–Crippen MR) is 100 cm³/mol. The maximum Gasteiger partial charge on any atom is 0.146 e. The second-order valence-corrected chi connectivity index (χ2v) is 6.29. The number of fused-ring (bicyclic) bond motifs is 1. The summed E-state index contributed by atoms with van der Waals surface area (Å²) in [6, 6.07) is 14.2. The van der Waals surface area contributed by atoms with Gasteiger partial charge >= 0.3 is 0 Å². The number of pyridine rings is 1. The molecule has 0 unspecified atom stereocenters. The average Bonchev–Trinajstić information content (AvgIpc) is 3.42. The number of rotatable bonds is 4. The van der Waals surface area contributed by atoms with Crippen molar-refractivity contribution in [3.05, 3.63) is 91.2 Å². The van der Waals surface area contributed by atoms with Gasteiger partial charge in [0.05, 0.1) is 25.4 Å². The third-order valence-corrected chi connectivity index (χ3v) is 4.54. The summed E-state index contributed by atoms with van der Waals surface area (Å²) in [7, 11) is 0. The number of benzene rings is 1. The molecule has 0 saturated heterocycles. The van der Waals surface area contributed by atoms with Crippen molar-refractivity contribution in [2.45, 2.75) is 6.54 Å². The molecule has 0 N–H and O–H groups in total. The van der Waals surface area contributed by atoms with Gasteiger partial charge in [-0.05, 0) is 48.5 Å². The molecule has 1 aromatic carbocycles. The molecule has 0 amide bonds. The van der Waals surface area contributed by atoms with Crippen molar-refractivity contribution in [3.8, 4) is 17.1 Å². The molecule has 0 aliphatic heterocycles. The van der Waals surface area contributed by atoms with Crippen LogP contribution in [-0.2, 0) is 6.54 Å². The van der Waals surface area contributed by atoms with Gasteiger partial charge in [0.1, 0.15) is 23.0 Å². The van der Waals surface area contributed by atoms with Crippen molar-refractivity contribution in [2.75, 3.05) is 0 Å². The van der Waals surface area contributed by atoms with Gasteiger partial charge in [0.15, 0.2) is 0 Å². The van der Waals surface area contributed by atoms with Crippen LogP contribution < -0.4 is 0 Å². The van der Waals surface area contributed by atoms with Gasteiger partial charge in [0.25, 0.3) is 0 Å². The fourth-order valence-electron chi connectivity index (χ4n) is 3.27. The quantitative estimate of drug-likeness (QED) is 0.469. The summed E-state index contributed by atoms with van der Waals surface area (Å²) in [5.41, 5.74) is 3.48. The summed E-state index contributed by atoms with van der Waals surface area (Å²) in [5.74, 6) is 0.600. The maximum absolute atomic E-state index is 13.4.